The van der Waals surface area contributed by atoms with Crippen molar-refractivity contribution in [3.8, 4) is 17.1 Å². The molecule has 0 saturated heterocycles. The fourth-order valence-electron chi connectivity index (χ4n) is 2.69. The Kier molecular flexibility index (Phi) is 5.43. The van der Waals surface area contributed by atoms with Crippen molar-refractivity contribution in [2.24, 2.45) is 0 Å². The zero-order valence-corrected chi connectivity index (χ0v) is 16.3. The Morgan fingerprint density at radius 1 is 1.07 bits per heavy atom. The minimum absolute atomic E-state index is 0.513. The Morgan fingerprint density at radius 3 is 2.71 bits per heavy atom. The minimum atomic E-state index is 0.513. The lowest BCUT2D eigenvalue weighted by Crippen LogP contribution is -2.03. The van der Waals surface area contributed by atoms with Crippen molar-refractivity contribution in [1.82, 2.24) is 25.0 Å². The second kappa shape index (κ2) is 8.30. The molecule has 0 aliphatic heterocycles. The van der Waals surface area contributed by atoms with E-state index in [0.717, 1.165) is 28.1 Å². The van der Waals surface area contributed by atoms with Crippen molar-refractivity contribution in [2.45, 2.75) is 30.8 Å². The molecule has 0 aliphatic carbocycles. The summed E-state index contributed by atoms with van der Waals surface area (Å²) in [7, 11) is 1.64. The highest BCUT2D eigenvalue weighted by molar-refractivity contribution is 7.98. The van der Waals surface area contributed by atoms with Crippen LogP contribution >= 0.6 is 11.8 Å². The van der Waals surface area contributed by atoms with Crippen molar-refractivity contribution in [2.75, 3.05) is 7.11 Å². The van der Waals surface area contributed by atoms with Crippen molar-refractivity contribution in [1.29, 1.82) is 0 Å². The minimum Gasteiger partial charge on any atom is -0.497 e. The maximum atomic E-state index is 5.59. The maximum Gasteiger partial charge on any atom is 0.226 e. The summed E-state index contributed by atoms with van der Waals surface area (Å²) in [6, 6.07) is 11.5. The smallest absolute Gasteiger partial charge is 0.226 e. The van der Waals surface area contributed by atoms with Crippen LogP contribution in [-0.2, 0) is 18.7 Å². The molecule has 0 bridgehead atoms. The molecule has 0 unspecified atom stereocenters. The van der Waals surface area contributed by atoms with Crippen LogP contribution in [0.3, 0.4) is 0 Å². The molecule has 0 radical (unpaired) electrons. The fourth-order valence-corrected chi connectivity index (χ4v) is 3.46. The molecular formula is C19H19N5O3S. The summed E-state index contributed by atoms with van der Waals surface area (Å²) in [6.45, 7) is 2.49. The summed E-state index contributed by atoms with van der Waals surface area (Å²) < 4.78 is 18.5. The van der Waals surface area contributed by atoms with Gasteiger partial charge in [-0.15, -0.1) is 20.4 Å². The first-order chi connectivity index (χ1) is 13.8. The molecule has 0 spiro atoms. The molecule has 0 fully saturated rings. The van der Waals surface area contributed by atoms with Gasteiger partial charge in [0.2, 0.25) is 11.8 Å². The van der Waals surface area contributed by atoms with E-state index in [4.69, 9.17) is 13.6 Å². The molecule has 0 N–H and O–H groups in total. The molecule has 8 nitrogen and oxygen atoms in total. The Hall–Kier alpha value is -3.07. The number of aromatic nitrogens is 5. The van der Waals surface area contributed by atoms with Crippen LogP contribution in [0.4, 0.5) is 0 Å². The van der Waals surface area contributed by atoms with Gasteiger partial charge in [-0.1, -0.05) is 30.8 Å². The van der Waals surface area contributed by atoms with Gasteiger partial charge in [-0.2, -0.15) is 0 Å². The maximum absolute atomic E-state index is 5.59. The second-order valence-electron chi connectivity index (χ2n) is 5.94. The number of furan rings is 1. The van der Waals surface area contributed by atoms with E-state index in [9.17, 15) is 0 Å². The van der Waals surface area contributed by atoms with Crippen LogP contribution in [0.2, 0.25) is 0 Å². The van der Waals surface area contributed by atoms with E-state index in [1.807, 2.05) is 47.9 Å². The molecule has 0 aliphatic rings. The molecule has 4 rings (SSSR count). The summed E-state index contributed by atoms with van der Waals surface area (Å²) in [5, 5.41) is 17.6. The van der Waals surface area contributed by atoms with Crippen LogP contribution in [0, 0.1) is 0 Å². The molecule has 28 heavy (non-hydrogen) atoms. The SMILES string of the molecule is CCc1nnc(CSc2nnc(-c3cccc(OC)c3)n2Cc2ccco2)o1. The summed E-state index contributed by atoms with van der Waals surface area (Å²) in [5.74, 6) is 4.02. The summed E-state index contributed by atoms with van der Waals surface area (Å²) in [4.78, 5) is 0. The quantitative estimate of drug-likeness (QED) is 0.414. The number of ether oxygens (including phenoxy) is 1. The van der Waals surface area contributed by atoms with Crippen molar-refractivity contribution in [3.05, 3.63) is 60.2 Å². The normalized spacial score (nSPS) is 11.1. The van der Waals surface area contributed by atoms with E-state index in [-0.39, 0.29) is 0 Å². The van der Waals surface area contributed by atoms with E-state index in [1.54, 1.807) is 13.4 Å². The highest BCUT2D eigenvalue weighted by atomic mass is 32.2. The number of hydrogen-bond acceptors (Lipinski definition) is 8. The van der Waals surface area contributed by atoms with Crippen LogP contribution in [0.15, 0.2) is 56.7 Å². The average Bonchev–Trinajstić information content (AvgIpc) is 3.48. The van der Waals surface area contributed by atoms with Crippen LogP contribution in [0.1, 0.15) is 24.5 Å². The third-order valence-corrected chi connectivity index (χ3v) is 5.03. The van der Waals surface area contributed by atoms with Crippen molar-refractivity contribution >= 4 is 11.8 Å². The topological polar surface area (TPSA) is 92.0 Å². The van der Waals surface area contributed by atoms with Gasteiger partial charge in [-0.3, -0.25) is 4.57 Å². The molecule has 9 heteroatoms. The van der Waals surface area contributed by atoms with Gasteiger partial charge >= 0.3 is 0 Å². The molecule has 3 heterocycles. The second-order valence-corrected chi connectivity index (χ2v) is 6.88. The Morgan fingerprint density at radius 2 is 1.96 bits per heavy atom. The number of methoxy groups -OCH3 is 1. The van der Waals surface area contributed by atoms with Crippen molar-refractivity contribution in [3.63, 3.8) is 0 Å². The first-order valence-corrected chi connectivity index (χ1v) is 9.79. The summed E-state index contributed by atoms with van der Waals surface area (Å²) in [5.41, 5.74) is 0.913. The monoisotopic (exact) mass is 397 g/mol. The highest BCUT2D eigenvalue weighted by Gasteiger charge is 2.17. The van der Waals surface area contributed by atoms with Crippen molar-refractivity contribution < 1.29 is 13.6 Å². The lowest BCUT2D eigenvalue weighted by Gasteiger charge is -2.09. The van der Waals surface area contributed by atoms with E-state index in [1.165, 1.54) is 11.8 Å². The Labute approximate surface area is 165 Å². The predicted molar refractivity (Wildman–Crippen MR) is 103 cm³/mol. The van der Waals surface area contributed by atoms with Crippen LogP contribution in [0.25, 0.3) is 11.4 Å². The van der Waals surface area contributed by atoms with E-state index < -0.39 is 0 Å². The van der Waals surface area contributed by atoms with Gasteiger partial charge in [-0.05, 0) is 24.3 Å². The van der Waals surface area contributed by atoms with Crippen LogP contribution in [-0.4, -0.2) is 32.1 Å². The van der Waals surface area contributed by atoms with Gasteiger partial charge in [0.05, 0.1) is 25.7 Å². The first kappa shape index (κ1) is 18.3. The summed E-state index contributed by atoms with van der Waals surface area (Å²) >= 11 is 1.49. The number of nitrogens with zero attached hydrogens (tertiary/aromatic N) is 5. The first-order valence-electron chi connectivity index (χ1n) is 8.81. The van der Waals surface area contributed by atoms with Gasteiger partial charge < -0.3 is 13.6 Å². The highest BCUT2D eigenvalue weighted by Crippen LogP contribution is 2.29. The molecule has 0 saturated carbocycles. The number of rotatable bonds is 8. The summed E-state index contributed by atoms with van der Waals surface area (Å²) in [6.07, 6.45) is 2.37. The van der Waals surface area contributed by atoms with Gasteiger partial charge in [-0.25, -0.2) is 0 Å². The van der Waals surface area contributed by atoms with Gasteiger partial charge in [0.15, 0.2) is 11.0 Å². The Balaban J connectivity index is 1.64. The molecule has 1 aromatic carbocycles. The third-order valence-electron chi connectivity index (χ3n) is 4.07. The third kappa shape index (κ3) is 3.94. The van der Waals surface area contributed by atoms with Crippen LogP contribution in [0.5, 0.6) is 5.75 Å². The van der Waals surface area contributed by atoms with Gasteiger partial charge in [0.25, 0.3) is 0 Å². The zero-order valence-electron chi connectivity index (χ0n) is 15.5. The predicted octanol–water partition coefficient (Wildman–Crippen LogP) is 3.83. The fraction of sp³-hybridized carbons (Fsp3) is 0.263. The molecule has 4 aromatic rings. The molecule has 3 aromatic heterocycles. The number of aryl methyl sites for hydroxylation is 1. The number of thioether (sulfide) groups is 1. The standard InChI is InChI=1S/C19H19N5O3S/c1-3-16-20-21-17(27-16)12-28-19-23-22-18(13-6-4-7-14(10-13)25-2)24(19)11-15-8-5-9-26-15/h4-10H,3,11-12H2,1-2H3. The molecular weight excluding hydrogens is 378 g/mol. The largest absolute Gasteiger partial charge is 0.497 e. The molecule has 0 amide bonds. The molecule has 0 atom stereocenters. The van der Waals surface area contributed by atoms with E-state index >= 15 is 0 Å². The number of hydrogen-bond donors (Lipinski definition) is 0. The lowest BCUT2D eigenvalue weighted by molar-refractivity contribution is 0.415. The van der Waals surface area contributed by atoms with E-state index in [2.05, 4.69) is 20.4 Å². The zero-order chi connectivity index (χ0) is 19.3. The van der Waals surface area contributed by atoms with Crippen LogP contribution < -0.4 is 4.74 Å². The number of benzene rings is 1. The average molecular weight is 397 g/mol. The van der Waals surface area contributed by atoms with Gasteiger partial charge in [0.1, 0.15) is 11.5 Å². The lowest BCUT2D eigenvalue weighted by atomic mass is 10.2. The van der Waals surface area contributed by atoms with E-state index in [0.29, 0.717) is 30.5 Å². The van der Waals surface area contributed by atoms with Gasteiger partial charge in [0, 0.05) is 12.0 Å². The molecule has 144 valence electrons. The Bertz CT molecular complexity index is 1040.